The molecule has 0 bridgehead atoms. The van der Waals surface area contributed by atoms with Gasteiger partial charge in [0.15, 0.2) is 0 Å². The van der Waals surface area contributed by atoms with Gasteiger partial charge in [-0.2, -0.15) is 0 Å². The van der Waals surface area contributed by atoms with Crippen LogP contribution in [0.5, 0.6) is 0 Å². The molecule has 0 atom stereocenters. The first-order valence-electron chi connectivity index (χ1n) is 11.8. The van der Waals surface area contributed by atoms with Crippen molar-refractivity contribution < 1.29 is 8.39 Å². The zero-order valence-corrected chi connectivity index (χ0v) is 21.5. The molecule has 0 aliphatic carbocycles. The molecule has 174 valence electrons. The number of fused-ring (bicyclic) bond motifs is 7. The lowest BCUT2D eigenvalue weighted by atomic mass is 9.99. The minimum absolute atomic E-state index is 0.857. The Hall–Kier alpha value is -3.17. The standard InChI is InChI=1S/C30H26NO2PS/c1-21-11-15-24(16-12-21)35-20-19-31(2)34-32-27-17-13-22-7-3-5-9-25(22)29(27)30-26-10-6-4-8-23(26)14-18-28(30)33-34/h3-18H,19-20H2,1-2H3. The van der Waals surface area contributed by atoms with Crippen molar-refractivity contribution in [2.75, 3.05) is 24.0 Å². The van der Waals surface area contributed by atoms with Gasteiger partial charge in [-0.3, -0.25) is 0 Å². The van der Waals surface area contributed by atoms with Crippen LogP contribution in [-0.4, -0.2) is 19.3 Å². The lowest BCUT2D eigenvalue weighted by Gasteiger charge is -2.12. The Morgan fingerprint density at radius 3 is 1.80 bits per heavy atom. The lowest BCUT2D eigenvalue weighted by molar-refractivity contribution is 0.631. The highest BCUT2D eigenvalue weighted by atomic mass is 32.2. The first-order valence-corrected chi connectivity index (χ1v) is 13.9. The molecule has 6 rings (SSSR count). The third kappa shape index (κ3) is 4.34. The molecule has 6 aromatic rings. The molecule has 0 aliphatic rings. The van der Waals surface area contributed by atoms with E-state index in [9.17, 15) is 0 Å². The van der Waals surface area contributed by atoms with Gasteiger partial charge in [0, 0.05) is 35.0 Å². The third-order valence-corrected chi connectivity index (χ3v) is 8.82. The Kier molecular flexibility index (Phi) is 6.03. The molecule has 0 saturated heterocycles. The fourth-order valence-electron chi connectivity index (χ4n) is 4.51. The number of benzene rings is 5. The number of nitrogens with zero attached hydrogens (tertiary/aromatic N) is 1. The molecule has 1 heterocycles. The van der Waals surface area contributed by atoms with E-state index >= 15 is 0 Å². The lowest BCUT2D eigenvalue weighted by Crippen LogP contribution is -2.16. The maximum atomic E-state index is 6.64. The van der Waals surface area contributed by atoms with Crippen LogP contribution < -0.4 is 4.67 Å². The minimum atomic E-state index is -1.31. The summed E-state index contributed by atoms with van der Waals surface area (Å²) < 4.78 is 15.5. The summed E-state index contributed by atoms with van der Waals surface area (Å²) >= 11 is 1.86. The molecular formula is C30H26NO2PS. The molecule has 35 heavy (non-hydrogen) atoms. The second-order valence-corrected chi connectivity index (χ2v) is 11.5. The van der Waals surface area contributed by atoms with Crippen molar-refractivity contribution in [3.63, 3.8) is 0 Å². The SMILES string of the molecule is Cc1ccc(SCCN(C)p2oc3ccc4ccccc4c3c3c(ccc4ccccc43)o2)cc1. The summed E-state index contributed by atoms with van der Waals surface area (Å²) in [6, 6.07) is 34.2. The zero-order chi connectivity index (χ0) is 23.8. The van der Waals surface area contributed by atoms with Crippen LogP contribution in [0.1, 0.15) is 5.56 Å². The number of rotatable bonds is 5. The zero-order valence-electron chi connectivity index (χ0n) is 19.8. The summed E-state index contributed by atoms with van der Waals surface area (Å²) in [6.45, 7) is 2.98. The van der Waals surface area contributed by atoms with Gasteiger partial charge in [0.2, 0.25) is 0 Å². The van der Waals surface area contributed by atoms with Crippen molar-refractivity contribution in [3.05, 3.63) is 103 Å². The highest BCUT2D eigenvalue weighted by Crippen LogP contribution is 2.41. The Morgan fingerprint density at radius 2 is 1.23 bits per heavy atom. The van der Waals surface area contributed by atoms with Gasteiger partial charge in [0.25, 0.3) is 0 Å². The molecule has 0 amide bonds. The van der Waals surface area contributed by atoms with E-state index in [0.717, 1.165) is 34.2 Å². The van der Waals surface area contributed by atoms with Crippen molar-refractivity contribution in [2.24, 2.45) is 0 Å². The van der Waals surface area contributed by atoms with E-state index in [4.69, 9.17) is 8.39 Å². The molecule has 1 aromatic heterocycles. The molecule has 0 N–H and O–H groups in total. The van der Waals surface area contributed by atoms with E-state index in [1.807, 2.05) is 11.8 Å². The van der Waals surface area contributed by atoms with Crippen LogP contribution >= 0.6 is 19.9 Å². The molecule has 5 heteroatoms. The number of hydrogen-bond donors (Lipinski definition) is 0. The number of hydrogen-bond acceptors (Lipinski definition) is 4. The highest BCUT2D eigenvalue weighted by molar-refractivity contribution is 7.99. The Labute approximate surface area is 209 Å². The smallest absolute Gasteiger partial charge is 0.309 e. The number of thioether (sulfide) groups is 1. The summed E-state index contributed by atoms with van der Waals surface area (Å²) in [6.07, 6.45) is 0. The molecule has 0 fully saturated rings. The summed E-state index contributed by atoms with van der Waals surface area (Å²) in [5.74, 6) is 0.959. The van der Waals surface area contributed by atoms with E-state index in [-0.39, 0.29) is 0 Å². The Bertz CT molecular complexity index is 1610. The van der Waals surface area contributed by atoms with E-state index in [1.54, 1.807) is 0 Å². The van der Waals surface area contributed by atoms with Crippen LogP contribution in [0.25, 0.3) is 43.5 Å². The van der Waals surface area contributed by atoms with Crippen LogP contribution in [0.2, 0.25) is 0 Å². The molecular weight excluding hydrogens is 469 g/mol. The van der Waals surface area contributed by atoms with Gasteiger partial charge in [-0.25, -0.2) is 4.67 Å². The fourth-order valence-corrected chi connectivity index (χ4v) is 6.79. The normalized spacial score (nSPS) is 11.7. The molecule has 3 nitrogen and oxygen atoms in total. The molecule has 0 unspecified atom stereocenters. The van der Waals surface area contributed by atoms with Gasteiger partial charge in [-0.15, -0.1) is 11.8 Å². The average molecular weight is 496 g/mol. The summed E-state index contributed by atoms with van der Waals surface area (Å²) in [5, 5.41) is 6.98. The first kappa shape index (κ1) is 22.3. The largest absolute Gasteiger partial charge is 0.408 e. The summed E-state index contributed by atoms with van der Waals surface area (Å²) in [4.78, 5) is 1.29. The van der Waals surface area contributed by atoms with E-state index in [2.05, 4.69) is 116 Å². The van der Waals surface area contributed by atoms with Crippen molar-refractivity contribution in [2.45, 2.75) is 11.8 Å². The second kappa shape index (κ2) is 9.47. The van der Waals surface area contributed by atoms with Gasteiger partial charge in [0.05, 0.1) is 0 Å². The molecule has 0 aliphatic heterocycles. The second-order valence-electron chi connectivity index (χ2n) is 8.78. The average Bonchev–Trinajstić information content (AvgIpc) is 3.07. The maximum Gasteiger partial charge on any atom is 0.309 e. The predicted molar refractivity (Wildman–Crippen MR) is 152 cm³/mol. The number of aryl methyl sites for hydroxylation is 1. The van der Waals surface area contributed by atoms with Crippen molar-refractivity contribution in [1.29, 1.82) is 0 Å². The van der Waals surface area contributed by atoms with Gasteiger partial charge in [0.1, 0.15) is 11.2 Å². The first-order chi connectivity index (χ1) is 17.2. The van der Waals surface area contributed by atoms with E-state index < -0.39 is 8.16 Å². The third-order valence-electron chi connectivity index (χ3n) is 6.37. The molecule has 5 aromatic carbocycles. The van der Waals surface area contributed by atoms with Crippen LogP contribution in [-0.2, 0) is 0 Å². The van der Waals surface area contributed by atoms with Crippen LogP contribution in [0, 0.1) is 6.92 Å². The Balaban J connectivity index is 1.50. The van der Waals surface area contributed by atoms with Crippen LogP contribution in [0.4, 0.5) is 0 Å². The quantitative estimate of drug-likeness (QED) is 0.223. The minimum Gasteiger partial charge on any atom is -0.408 e. The molecule has 0 spiro atoms. The van der Waals surface area contributed by atoms with Gasteiger partial charge in [-0.1, -0.05) is 78.4 Å². The maximum absolute atomic E-state index is 6.64. The monoisotopic (exact) mass is 495 g/mol. The fraction of sp³-hybridized carbons (Fsp3) is 0.133. The van der Waals surface area contributed by atoms with Gasteiger partial charge in [-0.05, 0) is 52.7 Å². The Morgan fingerprint density at radius 1 is 0.686 bits per heavy atom. The molecule has 0 radical (unpaired) electrons. The topological polar surface area (TPSA) is 29.5 Å². The van der Waals surface area contributed by atoms with Gasteiger partial charge < -0.3 is 8.39 Å². The predicted octanol–water partition coefficient (Wildman–Crippen LogP) is 9.26. The molecule has 0 saturated carbocycles. The summed E-state index contributed by atoms with van der Waals surface area (Å²) in [7, 11) is 0.782. The van der Waals surface area contributed by atoms with Gasteiger partial charge >= 0.3 is 8.16 Å². The van der Waals surface area contributed by atoms with Crippen LogP contribution in [0.3, 0.4) is 0 Å². The highest BCUT2D eigenvalue weighted by Gasteiger charge is 2.15. The summed E-state index contributed by atoms with van der Waals surface area (Å²) in [5.41, 5.74) is 3.04. The van der Waals surface area contributed by atoms with Crippen molar-refractivity contribution in [3.8, 4) is 0 Å². The van der Waals surface area contributed by atoms with Crippen molar-refractivity contribution in [1.82, 2.24) is 0 Å². The van der Waals surface area contributed by atoms with Crippen LogP contribution in [0.15, 0.2) is 110 Å². The van der Waals surface area contributed by atoms with E-state index in [1.165, 1.54) is 32.0 Å². The van der Waals surface area contributed by atoms with Crippen molar-refractivity contribution >= 4 is 63.4 Å². The van der Waals surface area contributed by atoms with E-state index in [0.29, 0.717) is 0 Å².